The minimum absolute atomic E-state index is 0.188. The van der Waals surface area contributed by atoms with Crippen molar-refractivity contribution >= 4 is 22.9 Å². The molecule has 7 nitrogen and oxygen atoms in total. The van der Waals surface area contributed by atoms with Crippen molar-refractivity contribution in [1.29, 1.82) is 5.41 Å². The number of anilines is 1. The van der Waals surface area contributed by atoms with Crippen LogP contribution in [0.4, 0.5) is 5.69 Å². The lowest BCUT2D eigenvalue weighted by Gasteiger charge is -2.24. The van der Waals surface area contributed by atoms with E-state index in [-0.39, 0.29) is 11.9 Å². The smallest absolute Gasteiger partial charge is 0.176 e. The summed E-state index contributed by atoms with van der Waals surface area (Å²) in [6.07, 6.45) is 1.57. The summed E-state index contributed by atoms with van der Waals surface area (Å²) < 4.78 is 6.42. The van der Waals surface area contributed by atoms with Gasteiger partial charge >= 0.3 is 0 Å². The average molecular weight is 434 g/mol. The predicted molar refractivity (Wildman–Crippen MR) is 131 cm³/mol. The van der Waals surface area contributed by atoms with E-state index >= 15 is 0 Å². The number of aromatic hydroxyl groups is 1. The second-order valence-electron chi connectivity index (χ2n) is 7.99. The van der Waals surface area contributed by atoms with E-state index in [0.29, 0.717) is 23.0 Å². The molecule has 0 aromatic heterocycles. The van der Waals surface area contributed by atoms with E-state index in [4.69, 9.17) is 10.1 Å². The van der Waals surface area contributed by atoms with E-state index in [1.54, 1.807) is 17.0 Å². The Morgan fingerprint density at radius 3 is 2.59 bits per heavy atom. The van der Waals surface area contributed by atoms with Gasteiger partial charge in [-0.05, 0) is 50.1 Å². The number of nitrogens with zero attached hydrogens (tertiary/aromatic N) is 3. The number of para-hydroxylation sites is 2. The van der Waals surface area contributed by atoms with E-state index < -0.39 is 0 Å². The molecule has 0 saturated carbocycles. The van der Waals surface area contributed by atoms with Crippen LogP contribution in [0.15, 0.2) is 70.0 Å². The largest absolute Gasteiger partial charge is 0.508 e. The standard InChI is InChI=1S/C25H31N5O2/c1-6-10-21(18-11-9-12-19(31)15-18)32-22-14-8-7-13-20(22)27-16(2)23-17(3)28-29-25(24(23)26)30(4)5/h7-9,11-15,21,26-27,31H,6,10H2,1-5H3/b23-16-,26-24?. The number of ether oxygens (including phenoxy) is 1. The molecule has 1 heterocycles. The van der Waals surface area contributed by atoms with Crippen LogP contribution in [-0.2, 0) is 0 Å². The highest BCUT2D eigenvalue weighted by molar-refractivity contribution is 6.53. The molecule has 3 rings (SSSR count). The summed E-state index contributed by atoms with van der Waals surface area (Å²) in [4.78, 5) is 1.78. The summed E-state index contributed by atoms with van der Waals surface area (Å²) in [5, 5.41) is 30.3. The SMILES string of the molecule is CCCC(Oc1ccccc1N/C(C)=C1\C(=N)C(N(C)C)=NN=C1C)c1cccc(O)c1. The fourth-order valence-electron chi connectivity index (χ4n) is 3.66. The van der Waals surface area contributed by atoms with Gasteiger partial charge in [-0.25, -0.2) is 0 Å². The molecule has 1 aliphatic rings. The molecule has 0 saturated heterocycles. The van der Waals surface area contributed by atoms with Crippen LogP contribution >= 0.6 is 0 Å². The van der Waals surface area contributed by atoms with Gasteiger partial charge in [0.05, 0.1) is 11.4 Å². The van der Waals surface area contributed by atoms with Gasteiger partial charge in [0, 0.05) is 25.4 Å². The molecule has 1 atom stereocenters. The maximum Gasteiger partial charge on any atom is 0.176 e. The number of rotatable bonds is 7. The first-order valence-electron chi connectivity index (χ1n) is 10.7. The van der Waals surface area contributed by atoms with Gasteiger partial charge in [0.2, 0.25) is 0 Å². The van der Waals surface area contributed by atoms with Crippen LogP contribution in [0.25, 0.3) is 0 Å². The average Bonchev–Trinajstić information content (AvgIpc) is 2.74. The Labute approximate surface area is 189 Å². The molecule has 0 radical (unpaired) electrons. The van der Waals surface area contributed by atoms with E-state index in [0.717, 1.165) is 35.4 Å². The van der Waals surface area contributed by atoms with Gasteiger partial charge in [-0.2, -0.15) is 5.10 Å². The molecular weight excluding hydrogens is 402 g/mol. The number of phenols is 1. The number of hydrogen-bond acceptors (Lipinski definition) is 7. The van der Waals surface area contributed by atoms with Crippen LogP contribution in [0.5, 0.6) is 11.5 Å². The zero-order valence-corrected chi connectivity index (χ0v) is 19.3. The van der Waals surface area contributed by atoms with E-state index in [9.17, 15) is 5.11 Å². The van der Waals surface area contributed by atoms with Crippen LogP contribution in [0.2, 0.25) is 0 Å². The quantitative estimate of drug-likeness (QED) is 0.547. The third-order valence-electron chi connectivity index (χ3n) is 5.20. The summed E-state index contributed by atoms with van der Waals surface area (Å²) in [7, 11) is 3.70. The number of hydrogen-bond donors (Lipinski definition) is 3. The van der Waals surface area contributed by atoms with E-state index in [2.05, 4.69) is 22.4 Å². The minimum atomic E-state index is -0.188. The van der Waals surface area contributed by atoms with Crippen LogP contribution in [0.3, 0.4) is 0 Å². The molecule has 3 N–H and O–H groups in total. The first kappa shape index (κ1) is 23.1. The molecule has 0 fully saturated rings. The summed E-state index contributed by atoms with van der Waals surface area (Å²) >= 11 is 0. The highest BCUT2D eigenvalue weighted by Gasteiger charge is 2.24. The van der Waals surface area contributed by atoms with Gasteiger partial charge in [0.1, 0.15) is 23.3 Å². The van der Waals surface area contributed by atoms with Crippen molar-refractivity contribution in [3.8, 4) is 11.5 Å². The molecule has 168 valence electrons. The van der Waals surface area contributed by atoms with Crippen molar-refractivity contribution < 1.29 is 9.84 Å². The molecule has 0 bridgehead atoms. The maximum absolute atomic E-state index is 9.91. The van der Waals surface area contributed by atoms with Crippen molar-refractivity contribution in [2.45, 2.75) is 39.7 Å². The van der Waals surface area contributed by atoms with Gasteiger partial charge in [-0.3, -0.25) is 5.41 Å². The lowest BCUT2D eigenvalue weighted by Crippen LogP contribution is -2.35. The van der Waals surface area contributed by atoms with Crippen LogP contribution in [-0.4, -0.2) is 41.4 Å². The minimum Gasteiger partial charge on any atom is -0.508 e. The molecule has 0 amide bonds. The van der Waals surface area contributed by atoms with E-state index in [1.807, 2.05) is 64.3 Å². The first-order chi connectivity index (χ1) is 15.3. The van der Waals surface area contributed by atoms with Crippen LogP contribution in [0.1, 0.15) is 45.3 Å². The molecule has 2 aromatic carbocycles. The summed E-state index contributed by atoms with van der Waals surface area (Å²) in [6.45, 7) is 5.89. The lowest BCUT2D eigenvalue weighted by molar-refractivity contribution is 0.194. The summed E-state index contributed by atoms with van der Waals surface area (Å²) in [6, 6.07) is 14.9. The summed E-state index contributed by atoms with van der Waals surface area (Å²) in [5.41, 5.74) is 4.26. The van der Waals surface area contributed by atoms with Crippen LogP contribution in [0, 0.1) is 5.41 Å². The molecule has 0 aliphatic carbocycles. The molecule has 1 unspecified atom stereocenters. The third-order valence-corrected chi connectivity index (χ3v) is 5.20. The first-order valence-corrected chi connectivity index (χ1v) is 10.7. The van der Waals surface area contributed by atoms with Gasteiger partial charge in [-0.15, -0.1) is 5.10 Å². The number of benzene rings is 2. The Hall–Kier alpha value is -3.61. The lowest BCUT2D eigenvalue weighted by atomic mass is 10.0. The zero-order chi connectivity index (χ0) is 23.3. The maximum atomic E-state index is 9.91. The Bertz CT molecular complexity index is 1090. The second-order valence-corrected chi connectivity index (χ2v) is 7.99. The number of phenolic OH excluding ortho intramolecular Hbond substituents is 1. The Morgan fingerprint density at radius 1 is 1.16 bits per heavy atom. The zero-order valence-electron chi connectivity index (χ0n) is 19.3. The second kappa shape index (κ2) is 10.1. The highest BCUT2D eigenvalue weighted by atomic mass is 16.5. The van der Waals surface area contributed by atoms with Crippen molar-refractivity contribution in [1.82, 2.24) is 4.90 Å². The van der Waals surface area contributed by atoms with Gasteiger partial charge in [-0.1, -0.05) is 37.6 Å². The Morgan fingerprint density at radius 2 is 1.91 bits per heavy atom. The molecule has 0 spiro atoms. The van der Waals surface area contributed by atoms with Crippen molar-refractivity contribution in [2.24, 2.45) is 10.2 Å². The van der Waals surface area contributed by atoms with E-state index in [1.165, 1.54) is 0 Å². The number of nitrogens with one attached hydrogen (secondary N) is 2. The summed E-state index contributed by atoms with van der Waals surface area (Å²) in [5.74, 6) is 1.44. The van der Waals surface area contributed by atoms with Gasteiger partial charge < -0.3 is 20.1 Å². The molecule has 7 heteroatoms. The topological polar surface area (TPSA) is 93.3 Å². The van der Waals surface area contributed by atoms with Gasteiger partial charge in [0.25, 0.3) is 0 Å². The third kappa shape index (κ3) is 5.17. The monoisotopic (exact) mass is 433 g/mol. The molecule has 32 heavy (non-hydrogen) atoms. The van der Waals surface area contributed by atoms with Crippen molar-refractivity contribution in [3.05, 3.63) is 65.4 Å². The molecular formula is C25H31N5O2. The van der Waals surface area contributed by atoms with Gasteiger partial charge in [0.15, 0.2) is 5.84 Å². The molecule has 1 aliphatic heterocycles. The molecule has 2 aromatic rings. The number of amidine groups is 1. The number of allylic oxidation sites excluding steroid dienone is 1. The normalized spacial score (nSPS) is 16.1. The fraction of sp³-hybridized carbons (Fsp3) is 0.320. The van der Waals surface area contributed by atoms with Crippen LogP contribution < -0.4 is 10.1 Å². The van der Waals surface area contributed by atoms with Crippen molar-refractivity contribution in [3.63, 3.8) is 0 Å². The Balaban J connectivity index is 1.91. The fourth-order valence-corrected chi connectivity index (χ4v) is 3.66. The highest BCUT2D eigenvalue weighted by Crippen LogP contribution is 2.33. The predicted octanol–water partition coefficient (Wildman–Crippen LogP) is 5.37. The van der Waals surface area contributed by atoms with Crippen molar-refractivity contribution in [2.75, 3.05) is 19.4 Å². The Kier molecular flexibility index (Phi) is 7.30.